The third-order valence-corrected chi connectivity index (χ3v) is 6.14. The van der Waals surface area contributed by atoms with Gasteiger partial charge in [-0.2, -0.15) is 5.26 Å². The number of hydrogen-bond donors (Lipinski definition) is 1. The van der Waals surface area contributed by atoms with Crippen LogP contribution in [0.1, 0.15) is 51.8 Å². The van der Waals surface area contributed by atoms with E-state index in [2.05, 4.69) is 29.0 Å². The maximum atomic E-state index is 13.0. The number of benzene rings is 1. The zero-order valence-corrected chi connectivity index (χ0v) is 20.7. The van der Waals surface area contributed by atoms with Gasteiger partial charge >= 0.3 is 0 Å². The van der Waals surface area contributed by atoms with Crippen LogP contribution in [-0.4, -0.2) is 42.0 Å². The van der Waals surface area contributed by atoms with Gasteiger partial charge in [-0.1, -0.05) is 57.5 Å². The summed E-state index contributed by atoms with van der Waals surface area (Å²) in [6, 6.07) is 14.9. The molecule has 176 valence electrons. The number of nitrogens with zero attached hydrogens (tertiary/aromatic N) is 3. The second-order valence-electron chi connectivity index (χ2n) is 7.70. The van der Waals surface area contributed by atoms with Crippen LogP contribution in [-0.2, 0) is 10.3 Å². The number of halogens is 1. The molecule has 0 aliphatic heterocycles. The highest BCUT2D eigenvalue weighted by atomic mass is 35.5. The molecule has 0 saturated carbocycles. The fourth-order valence-electron chi connectivity index (χ4n) is 3.70. The molecule has 1 aromatic carbocycles. The van der Waals surface area contributed by atoms with Crippen molar-refractivity contribution >= 4 is 23.6 Å². The fourth-order valence-corrected chi connectivity index (χ4v) is 3.87. The van der Waals surface area contributed by atoms with E-state index in [0.29, 0.717) is 30.3 Å². The van der Waals surface area contributed by atoms with Gasteiger partial charge < -0.3 is 15.0 Å². The number of hydrogen-bond acceptors (Lipinski definition) is 5. The van der Waals surface area contributed by atoms with Crippen LogP contribution in [0.3, 0.4) is 0 Å². The highest BCUT2D eigenvalue weighted by molar-refractivity contribution is 6.29. The maximum absolute atomic E-state index is 13.0. The van der Waals surface area contributed by atoms with E-state index in [9.17, 15) is 10.1 Å². The van der Waals surface area contributed by atoms with Gasteiger partial charge in [0.2, 0.25) is 0 Å². The first kappa shape index (κ1) is 26.4. The molecule has 1 amide bonds. The molecule has 33 heavy (non-hydrogen) atoms. The molecule has 0 bridgehead atoms. The van der Waals surface area contributed by atoms with Crippen LogP contribution in [0.25, 0.3) is 6.08 Å². The predicted octanol–water partition coefficient (Wildman–Crippen LogP) is 5.19. The van der Waals surface area contributed by atoms with E-state index in [-0.39, 0.29) is 5.57 Å². The number of aromatic nitrogens is 1. The number of rotatable bonds is 12. The molecule has 1 aromatic heterocycles. The van der Waals surface area contributed by atoms with Crippen LogP contribution >= 0.6 is 11.6 Å². The Balaban J connectivity index is 2.16. The zero-order chi connectivity index (χ0) is 24.3. The van der Waals surface area contributed by atoms with Gasteiger partial charge in [-0.25, -0.2) is 4.98 Å². The van der Waals surface area contributed by atoms with Gasteiger partial charge in [0, 0.05) is 6.54 Å². The number of likely N-dealkylation sites (N-methyl/N-ethyl adjacent to an activating group) is 1. The SMILES string of the molecule is CCN(CC)CCOc1ccc(C(CC)(CC)NC(=O)/C(C#N)=C/c2cccc(Cl)n2)cc1. The average molecular weight is 469 g/mol. The van der Waals surface area contributed by atoms with Crippen molar-refractivity contribution in [1.29, 1.82) is 5.26 Å². The minimum Gasteiger partial charge on any atom is -0.492 e. The number of nitriles is 1. The molecule has 0 fully saturated rings. The van der Waals surface area contributed by atoms with E-state index in [1.807, 2.05) is 44.2 Å². The fraction of sp³-hybridized carbons (Fsp3) is 0.423. The first-order valence-electron chi connectivity index (χ1n) is 11.4. The minimum absolute atomic E-state index is 0.0209. The number of pyridine rings is 1. The minimum atomic E-state index is -0.603. The molecule has 1 heterocycles. The van der Waals surface area contributed by atoms with Gasteiger partial charge in [-0.3, -0.25) is 4.79 Å². The lowest BCUT2D eigenvalue weighted by atomic mass is 9.84. The van der Waals surface area contributed by atoms with Crippen molar-refractivity contribution in [1.82, 2.24) is 15.2 Å². The molecule has 0 unspecified atom stereocenters. The van der Waals surface area contributed by atoms with Crippen molar-refractivity contribution in [2.45, 2.75) is 46.1 Å². The Bertz CT molecular complexity index is 975. The summed E-state index contributed by atoms with van der Waals surface area (Å²) in [6.45, 7) is 11.8. The molecule has 0 radical (unpaired) electrons. The van der Waals surface area contributed by atoms with Crippen molar-refractivity contribution in [2.75, 3.05) is 26.2 Å². The smallest absolute Gasteiger partial charge is 0.262 e. The average Bonchev–Trinajstić information content (AvgIpc) is 2.84. The van der Waals surface area contributed by atoms with E-state index in [1.54, 1.807) is 18.2 Å². The normalized spacial score (nSPS) is 11.8. The second kappa shape index (κ2) is 13.0. The van der Waals surface area contributed by atoms with E-state index in [1.165, 1.54) is 6.08 Å². The lowest BCUT2D eigenvalue weighted by Gasteiger charge is -2.33. The number of carbonyl (C=O) groups excluding carboxylic acids is 1. The molecule has 6 nitrogen and oxygen atoms in total. The predicted molar refractivity (Wildman–Crippen MR) is 133 cm³/mol. The van der Waals surface area contributed by atoms with Crippen LogP contribution in [0, 0.1) is 11.3 Å². The van der Waals surface area contributed by atoms with Crippen molar-refractivity contribution in [3.63, 3.8) is 0 Å². The third kappa shape index (κ3) is 7.31. The van der Waals surface area contributed by atoms with Crippen molar-refractivity contribution < 1.29 is 9.53 Å². The first-order valence-corrected chi connectivity index (χ1v) is 11.8. The number of amides is 1. The zero-order valence-electron chi connectivity index (χ0n) is 19.9. The van der Waals surface area contributed by atoms with E-state index in [0.717, 1.165) is 30.9 Å². The quantitative estimate of drug-likeness (QED) is 0.263. The van der Waals surface area contributed by atoms with E-state index < -0.39 is 11.4 Å². The Morgan fingerprint density at radius 2 is 1.82 bits per heavy atom. The Kier molecular flexibility index (Phi) is 10.4. The number of ether oxygens (including phenoxy) is 1. The number of carbonyl (C=O) groups is 1. The molecule has 1 N–H and O–H groups in total. The summed E-state index contributed by atoms with van der Waals surface area (Å²) in [5.74, 6) is 0.352. The standard InChI is InChI=1S/C26H33ClN4O2/c1-5-26(6-2,21-12-14-23(15-13-21)33-17-16-31(7-3)8-4)30-25(32)20(19-28)18-22-10-9-11-24(27)29-22/h9-15,18H,5-8,16-17H2,1-4H3,(H,30,32)/b20-18+. The summed E-state index contributed by atoms with van der Waals surface area (Å²) in [5.41, 5.74) is 0.802. The summed E-state index contributed by atoms with van der Waals surface area (Å²) < 4.78 is 5.89. The monoisotopic (exact) mass is 468 g/mol. The van der Waals surface area contributed by atoms with Crippen LogP contribution in [0.5, 0.6) is 5.75 Å². The van der Waals surface area contributed by atoms with Crippen molar-refractivity contribution in [2.24, 2.45) is 0 Å². The van der Waals surface area contributed by atoms with Crippen LogP contribution in [0.4, 0.5) is 0 Å². The Morgan fingerprint density at radius 3 is 2.36 bits per heavy atom. The van der Waals surface area contributed by atoms with Crippen LogP contribution < -0.4 is 10.1 Å². The third-order valence-electron chi connectivity index (χ3n) is 5.93. The molecule has 7 heteroatoms. The van der Waals surface area contributed by atoms with Crippen LogP contribution in [0.2, 0.25) is 5.15 Å². The van der Waals surface area contributed by atoms with E-state index >= 15 is 0 Å². The largest absolute Gasteiger partial charge is 0.492 e. The Morgan fingerprint density at radius 1 is 1.15 bits per heavy atom. The summed E-state index contributed by atoms with van der Waals surface area (Å²) in [5, 5.41) is 13.0. The topological polar surface area (TPSA) is 78.2 Å². The molecule has 0 saturated heterocycles. The highest BCUT2D eigenvalue weighted by Gasteiger charge is 2.31. The lowest BCUT2D eigenvalue weighted by Crippen LogP contribution is -2.45. The summed E-state index contributed by atoms with van der Waals surface area (Å²) >= 11 is 5.92. The van der Waals surface area contributed by atoms with Crippen LogP contribution in [0.15, 0.2) is 48.0 Å². The van der Waals surface area contributed by atoms with Gasteiger partial charge in [0.25, 0.3) is 5.91 Å². The molecular weight excluding hydrogens is 436 g/mol. The number of nitrogens with one attached hydrogen (secondary N) is 1. The molecular formula is C26H33ClN4O2. The van der Waals surface area contributed by atoms with Gasteiger partial charge in [0.05, 0.1) is 11.2 Å². The Hall–Kier alpha value is -2.88. The summed E-state index contributed by atoms with van der Waals surface area (Å²) in [7, 11) is 0. The molecule has 2 aromatic rings. The van der Waals surface area contributed by atoms with Gasteiger partial charge in [-0.05, 0) is 61.8 Å². The highest BCUT2D eigenvalue weighted by Crippen LogP contribution is 2.30. The molecule has 0 atom stereocenters. The van der Waals surface area contributed by atoms with Gasteiger partial charge in [-0.15, -0.1) is 0 Å². The Labute approximate surface area is 202 Å². The summed E-state index contributed by atoms with van der Waals surface area (Å²) in [6.07, 6.45) is 2.79. The summed E-state index contributed by atoms with van der Waals surface area (Å²) in [4.78, 5) is 19.5. The molecule has 0 aliphatic carbocycles. The van der Waals surface area contributed by atoms with Gasteiger partial charge in [0.15, 0.2) is 0 Å². The van der Waals surface area contributed by atoms with E-state index in [4.69, 9.17) is 16.3 Å². The van der Waals surface area contributed by atoms with Crippen molar-refractivity contribution in [3.05, 3.63) is 64.4 Å². The molecule has 0 aliphatic rings. The molecule has 2 rings (SSSR count). The van der Waals surface area contributed by atoms with Gasteiger partial charge in [0.1, 0.15) is 29.2 Å². The first-order chi connectivity index (χ1) is 15.9. The van der Waals surface area contributed by atoms with Crippen molar-refractivity contribution in [3.8, 4) is 11.8 Å². The molecule has 0 spiro atoms. The second-order valence-corrected chi connectivity index (χ2v) is 8.09. The lowest BCUT2D eigenvalue weighted by molar-refractivity contribution is -0.119. The maximum Gasteiger partial charge on any atom is 0.262 e.